The monoisotopic (exact) mass is 389 g/mol. The van der Waals surface area contributed by atoms with E-state index in [4.69, 9.17) is 17.0 Å². The first-order valence-electron chi connectivity index (χ1n) is 9.50. The highest BCUT2D eigenvalue weighted by Gasteiger charge is 2.15. The van der Waals surface area contributed by atoms with Crippen LogP contribution < -0.4 is 5.32 Å². The van der Waals surface area contributed by atoms with Crippen LogP contribution in [0.5, 0.6) is 5.88 Å². The normalized spacial score (nSPS) is 15.6. The summed E-state index contributed by atoms with van der Waals surface area (Å²) in [5.41, 5.74) is 1.42. The lowest BCUT2D eigenvalue weighted by molar-refractivity contribution is 0.0376. The third-order valence-corrected chi connectivity index (χ3v) is 4.86. The second-order valence-corrected chi connectivity index (χ2v) is 6.97. The van der Waals surface area contributed by atoms with Crippen LogP contribution in [0.15, 0.2) is 34.5 Å². The summed E-state index contributed by atoms with van der Waals surface area (Å²) in [4.78, 5) is 2.39. The molecule has 2 heterocycles. The van der Waals surface area contributed by atoms with Gasteiger partial charge in [-0.3, -0.25) is 4.90 Å². The highest BCUT2D eigenvalue weighted by atomic mass is 32.1. The van der Waals surface area contributed by atoms with Crippen LogP contribution in [-0.2, 0) is 11.3 Å². The third kappa shape index (κ3) is 5.03. The molecule has 1 aliphatic rings. The van der Waals surface area contributed by atoms with E-state index in [1.165, 1.54) is 0 Å². The van der Waals surface area contributed by atoms with Gasteiger partial charge in [0.05, 0.1) is 18.7 Å². The maximum Gasteiger partial charge on any atom is 0.220 e. The predicted molar refractivity (Wildman–Crippen MR) is 111 cm³/mol. The van der Waals surface area contributed by atoms with Crippen molar-refractivity contribution in [1.29, 1.82) is 0 Å². The maximum atomic E-state index is 10.5. The first-order chi connectivity index (χ1) is 13.2. The molecule has 0 radical (unpaired) electrons. The van der Waals surface area contributed by atoms with Crippen molar-refractivity contribution in [3.05, 3.63) is 24.3 Å². The standard InChI is InChI=1S/C19H27N5O2S/c1-2-9-24-16-7-4-3-6-15(16)17(18(24)25)21-22-19(27)20-8-5-10-23-11-13-26-14-12-23/h3-4,6-7,25H,2,5,8-14H2,1H3,(H,20,27). The summed E-state index contributed by atoms with van der Waals surface area (Å²) in [6, 6.07) is 7.80. The van der Waals surface area contributed by atoms with Gasteiger partial charge < -0.3 is 19.7 Å². The molecule has 146 valence electrons. The Bertz CT molecular complexity index is 799. The van der Waals surface area contributed by atoms with Crippen molar-refractivity contribution < 1.29 is 9.84 Å². The zero-order valence-electron chi connectivity index (χ0n) is 15.7. The fraction of sp³-hybridized carbons (Fsp3) is 0.526. The summed E-state index contributed by atoms with van der Waals surface area (Å²) in [5, 5.41) is 23.2. The van der Waals surface area contributed by atoms with Gasteiger partial charge in [-0.1, -0.05) is 25.1 Å². The molecule has 1 aromatic carbocycles. The molecule has 0 unspecified atom stereocenters. The Labute approximate surface area is 165 Å². The minimum Gasteiger partial charge on any atom is -0.493 e. The molecule has 0 bridgehead atoms. The summed E-state index contributed by atoms with van der Waals surface area (Å²) in [7, 11) is 0. The summed E-state index contributed by atoms with van der Waals surface area (Å²) < 4.78 is 7.21. The van der Waals surface area contributed by atoms with Crippen LogP contribution in [-0.4, -0.2) is 59.1 Å². The lowest BCUT2D eigenvalue weighted by Crippen LogP contribution is -2.37. The number of hydrogen-bond donors (Lipinski definition) is 2. The van der Waals surface area contributed by atoms with Gasteiger partial charge in [0.2, 0.25) is 11.0 Å². The maximum absolute atomic E-state index is 10.5. The van der Waals surface area contributed by atoms with Crippen LogP contribution in [0.4, 0.5) is 5.69 Å². The molecule has 0 saturated carbocycles. The lowest BCUT2D eigenvalue weighted by atomic mass is 10.2. The van der Waals surface area contributed by atoms with Gasteiger partial charge in [-0.25, -0.2) is 0 Å². The Balaban J connectivity index is 1.57. The Morgan fingerprint density at radius 1 is 1.26 bits per heavy atom. The number of morpholine rings is 1. The number of aromatic hydroxyl groups is 1. The third-order valence-electron chi connectivity index (χ3n) is 4.64. The molecule has 1 saturated heterocycles. The molecule has 0 spiro atoms. The molecule has 0 amide bonds. The van der Waals surface area contributed by atoms with E-state index in [2.05, 4.69) is 27.4 Å². The fourth-order valence-electron chi connectivity index (χ4n) is 3.27. The molecule has 2 N–H and O–H groups in total. The van der Waals surface area contributed by atoms with Crippen molar-refractivity contribution in [3.63, 3.8) is 0 Å². The summed E-state index contributed by atoms with van der Waals surface area (Å²) in [6.45, 7) is 8.18. The number of rotatable bonds is 7. The van der Waals surface area contributed by atoms with Gasteiger partial charge >= 0.3 is 0 Å². The van der Waals surface area contributed by atoms with E-state index in [0.29, 0.717) is 10.8 Å². The van der Waals surface area contributed by atoms with Crippen LogP contribution in [0.3, 0.4) is 0 Å². The molecule has 8 heteroatoms. The van der Waals surface area contributed by atoms with Gasteiger partial charge in [0.15, 0.2) is 5.69 Å². The van der Waals surface area contributed by atoms with Crippen LogP contribution in [0.25, 0.3) is 10.9 Å². The Kier molecular flexibility index (Phi) is 7.14. The van der Waals surface area contributed by atoms with E-state index in [1.54, 1.807) is 0 Å². The van der Waals surface area contributed by atoms with E-state index < -0.39 is 0 Å². The number of thiocarbonyl (C=S) groups is 1. The molecule has 1 fully saturated rings. The molecule has 0 atom stereocenters. The van der Waals surface area contributed by atoms with E-state index in [1.807, 2.05) is 28.8 Å². The fourth-order valence-corrected chi connectivity index (χ4v) is 3.42. The molecule has 7 nitrogen and oxygen atoms in total. The second-order valence-electron chi connectivity index (χ2n) is 6.58. The zero-order valence-corrected chi connectivity index (χ0v) is 16.5. The predicted octanol–water partition coefficient (Wildman–Crippen LogP) is 3.44. The van der Waals surface area contributed by atoms with Crippen molar-refractivity contribution in [3.8, 4) is 5.88 Å². The summed E-state index contributed by atoms with van der Waals surface area (Å²) >= 11 is 5.25. The molecule has 2 aromatic rings. The Morgan fingerprint density at radius 2 is 2.04 bits per heavy atom. The van der Waals surface area contributed by atoms with Crippen molar-refractivity contribution in [2.24, 2.45) is 10.2 Å². The number of fused-ring (bicyclic) bond motifs is 1. The number of nitrogens with zero attached hydrogens (tertiary/aromatic N) is 4. The van der Waals surface area contributed by atoms with Crippen molar-refractivity contribution in [1.82, 2.24) is 14.8 Å². The van der Waals surface area contributed by atoms with Gasteiger partial charge in [0.1, 0.15) is 0 Å². The van der Waals surface area contributed by atoms with Crippen molar-refractivity contribution in [2.75, 3.05) is 39.4 Å². The topological polar surface area (TPSA) is 74.4 Å². The first kappa shape index (κ1) is 19.7. The zero-order chi connectivity index (χ0) is 19.1. The van der Waals surface area contributed by atoms with Crippen molar-refractivity contribution in [2.45, 2.75) is 26.3 Å². The average Bonchev–Trinajstić information content (AvgIpc) is 2.96. The minimum absolute atomic E-state index is 0.136. The number of para-hydroxylation sites is 1. The highest BCUT2D eigenvalue weighted by molar-refractivity contribution is 7.80. The van der Waals surface area contributed by atoms with Gasteiger partial charge in [0, 0.05) is 31.6 Å². The summed E-state index contributed by atoms with van der Waals surface area (Å²) in [5.74, 6) is 0.136. The molecular formula is C19H27N5O2S. The largest absolute Gasteiger partial charge is 0.493 e. The molecule has 27 heavy (non-hydrogen) atoms. The smallest absolute Gasteiger partial charge is 0.220 e. The number of nitrogens with one attached hydrogen (secondary N) is 1. The molecule has 1 aromatic heterocycles. The van der Waals surface area contributed by atoms with E-state index in [-0.39, 0.29) is 5.88 Å². The van der Waals surface area contributed by atoms with Crippen LogP contribution >= 0.6 is 12.2 Å². The Hall–Kier alpha value is -2.03. The van der Waals surface area contributed by atoms with E-state index in [0.717, 1.165) is 69.7 Å². The van der Waals surface area contributed by atoms with Crippen LogP contribution in [0.2, 0.25) is 0 Å². The van der Waals surface area contributed by atoms with Gasteiger partial charge in [-0.15, -0.1) is 10.2 Å². The van der Waals surface area contributed by atoms with E-state index in [9.17, 15) is 5.11 Å². The number of aromatic nitrogens is 1. The van der Waals surface area contributed by atoms with Crippen molar-refractivity contribution >= 4 is 33.9 Å². The number of azo groups is 1. The molecule has 3 rings (SSSR count). The molecule has 1 aliphatic heterocycles. The summed E-state index contributed by atoms with van der Waals surface area (Å²) in [6.07, 6.45) is 1.91. The first-order valence-corrected chi connectivity index (χ1v) is 9.91. The minimum atomic E-state index is 0.136. The highest BCUT2D eigenvalue weighted by Crippen LogP contribution is 2.38. The van der Waals surface area contributed by atoms with Gasteiger partial charge in [-0.2, -0.15) is 0 Å². The van der Waals surface area contributed by atoms with E-state index >= 15 is 0 Å². The number of benzene rings is 1. The molecular weight excluding hydrogens is 362 g/mol. The SMILES string of the molecule is CCCn1c(O)c(N=NC(=S)NCCCN2CCOCC2)c2ccccc21. The van der Waals surface area contributed by atoms with Gasteiger partial charge in [0.25, 0.3) is 0 Å². The number of aryl methyl sites for hydroxylation is 1. The Morgan fingerprint density at radius 3 is 2.81 bits per heavy atom. The quantitative estimate of drug-likeness (QED) is 0.431. The number of hydrogen-bond acceptors (Lipinski definition) is 5. The lowest BCUT2D eigenvalue weighted by Gasteiger charge is -2.26. The molecule has 0 aliphatic carbocycles. The van der Waals surface area contributed by atoms with Crippen LogP contribution in [0.1, 0.15) is 19.8 Å². The van der Waals surface area contributed by atoms with Gasteiger partial charge in [-0.05, 0) is 37.7 Å². The average molecular weight is 390 g/mol. The second kappa shape index (κ2) is 9.77. The number of ether oxygens (including phenoxy) is 1. The van der Waals surface area contributed by atoms with Crippen LogP contribution in [0, 0.1) is 0 Å².